The standard InChI is InChI=1S/C12H13NO2S2/c13-10(12(14)15)7-16-5-8-6-17-11-4-2-1-3-9(8)11/h1-4,6,10H,5,7,13H2,(H,14,15). The smallest absolute Gasteiger partial charge is 0.321 e. The van der Waals surface area contributed by atoms with Crippen LogP contribution in [0.4, 0.5) is 0 Å². The summed E-state index contributed by atoms with van der Waals surface area (Å²) in [6.07, 6.45) is 0. The second-order valence-electron chi connectivity index (χ2n) is 3.72. The average Bonchev–Trinajstić information content (AvgIpc) is 2.72. The average molecular weight is 267 g/mol. The van der Waals surface area contributed by atoms with Crippen molar-refractivity contribution in [3.63, 3.8) is 0 Å². The first-order chi connectivity index (χ1) is 8.18. The van der Waals surface area contributed by atoms with Gasteiger partial charge in [0.05, 0.1) is 0 Å². The highest BCUT2D eigenvalue weighted by Crippen LogP contribution is 2.28. The zero-order chi connectivity index (χ0) is 12.3. The molecule has 0 bridgehead atoms. The lowest BCUT2D eigenvalue weighted by Gasteiger charge is -2.05. The van der Waals surface area contributed by atoms with Gasteiger partial charge in [0.15, 0.2) is 0 Å². The van der Waals surface area contributed by atoms with Crippen molar-refractivity contribution in [2.45, 2.75) is 11.8 Å². The fourth-order valence-electron chi connectivity index (χ4n) is 1.51. The maximum absolute atomic E-state index is 10.6. The Morgan fingerprint density at radius 1 is 1.47 bits per heavy atom. The topological polar surface area (TPSA) is 63.3 Å². The van der Waals surface area contributed by atoms with Gasteiger partial charge in [0, 0.05) is 16.2 Å². The van der Waals surface area contributed by atoms with Crippen molar-refractivity contribution in [1.29, 1.82) is 0 Å². The summed E-state index contributed by atoms with van der Waals surface area (Å²) in [5, 5.41) is 12.1. The Hall–Kier alpha value is -1.04. The minimum absolute atomic E-state index is 0.444. The number of fused-ring (bicyclic) bond motifs is 1. The van der Waals surface area contributed by atoms with Gasteiger partial charge >= 0.3 is 5.97 Å². The molecule has 5 heteroatoms. The summed E-state index contributed by atoms with van der Waals surface area (Å²) in [5.41, 5.74) is 6.71. The van der Waals surface area contributed by atoms with Crippen LogP contribution < -0.4 is 5.73 Å². The molecule has 1 heterocycles. The maximum atomic E-state index is 10.6. The molecule has 17 heavy (non-hydrogen) atoms. The number of nitrogens with two attached hydrogens (primary N) is 1. The van der Waals surface area contributed by atoms with Crippen molar-refractivity contribution in [3.8, 4) is 0 Å². The first-order valence-corrected chi connectivity index (χ1v) is 7.23. The van der Waals surface area contributed by atoms with Gasteiger partial charge in [0.1, 0.15) is 6.04 Å². The first-order valence-electron chi connectivity index (χ1n) is 5.19. The molecule has 2 rings (SSSR count). The van der Waals surface area contributed by atoms with E-state index >= 15 is 0 Å². The van der Waals surface area contributed by atoms with Gasteiger partial charge in [-0.05, 0) is 22.4 Å². The van der Waals surface area contributed by atoms with E-state index in [9.17, 15) is 4.79 Å². The normalized spacial score (nSPS) is 12.8. The molecule has 0 saturated carbocycles. The van der Waals surface area contributed by atoms with E-state index in [4.69, 9.17) is 10.8 Å². The first kappa shape index (κ1) is 12.4. The van der Waals surface area contributed by atoms with Crippen LogP contribution in [0.1, 0.15) is 5.56 Å². The molecule has 90 valence electrons. The fraction of sp³-hybridized carbons (Fsp3) is 0.250. The maximum Gasteiger partial charge on any atom is 0.321 e. The Labute approximate surface area is 108 Å². The van der Waals surface area contributed by atoms with Crippen molar-refractivity contribution in [3.05, 3.63) is 35.2 Å². The molecule has 0 aliphatic heterocycles. The largest absolute Gasteiger partial charge is 0.480 e. The van der Waals surface area contributed by atoms with Crippen molar-refractivity contribution in [1.82, 2.24) is 0 Å². The molecular weight excluding hydrogens is 254 g/mol. The summed E-state index contributed by atoms with van der Waals surface area (Å²) in [4.78, 5) is 10.6. The molecule has 0 aliphatic carbocycles. The van der Waals surface area contributed by atoms with Gasteiger partial charge in [-0.1, -0.05) is 18.2 Å². The number of thioether (sulfide) groups is 1. The lowest BCUT2D eigenvalue weighted by molar-refractivity contribution is -0.137. The van der Waals surface area contributed by atoms with E-state index in [0.717, 1.165) is 5.75 Å². The van der Waals surface area contributed by atoms with Crippen LogP contribution >= 0.6 is 23.1 Å². The van der Waals surface area contributed by atoms with Gasteiger partial charge < -0.3 is 10.8 Å². The van der Waals surface area contributed by atoms with Crippen molar-refractivity contribution in [2.75, 3.05) is 5.75 Å². The van der Waals surface area contributed by atoms with Gasteiger partial charge in [-0.2, -0.15) is 11.8 Å². The van der Waals surface area contributed by atoms with E-state index in [1.165, 1.54) is 15.6 Å². The third-order valence-corrected chi connectivity index (χ3v) is 4.56. The molecule has 0 fully saturated rings. The number of hydrogen-bond acceptors (Lipinski definition) is 4. The summed E-state index contributed by atoms with van der Waals surface area (Å²) in [7, 11) is 0. The number of hydrogen-bond donors (Lipinski definition) is 2. The molecule has 0 spiro atoms. The predicted molar refractivity (Wildman–Crippen MR) is 73.6 cm³/mol. The summed E-state index contributed by atoms with van der Waals surface area (Å²) < 4.78 is 1.27. The van der Waals surface area contributed by atoms with Gasteiger partial charge in [-0.15, -0.1) is 11.3 Å². The van der Waals surface area contributed by atoms with Gasteiger partial charge in [-0.25, -0.2) is 0 Å². The van der Waals surface area contributed by atoms with Crippen LogP contribution in [0, 0.1) is 0 Å². The molecule has 3 N–H and O–H groups in total. The Morgan fingerprint density at radius 2 is 2.24 bits per heavy atom. The number of carbonyl (C=O) groups is 1. The fourth-order valence-corrected chi connectivity index (χ4v) is 3.55. The summed E-state index contributed by atoms with van der Waals surface area (Å²) in [6, 6.07) is 7.46. The molecule has 2 aromatic rings. The molecule has 1 unspecified atom stereocenters. The van der Waals surface area contributed by atoms with E-state index in [1.54, 1.807) is 23.1 Å². The Morgan fingerprint density at radius 3 is 3.00 bits per heavy atom. The third-order valence-electron chi connectivity index (χ3n) is 2.43. The molecule has 0 saturated heterocycles. The second kappa shape index (κ2) is 5.53. The highest BCUT2D eigenvalue weighted by atomic mass is 32.2. The Balaban J connectivity index is 1.98. The van der Waals surface area contributed by atoms with Crippen LogP contribution in [0.15, 0.2) is 29.6 Å². The highest BCUT2D eigenvalue weighted by molar-refractivity contribution is 7.98. The molecule has 1 aromatic carbocycles. The number of thiophene rings is 1. The number of benzene rings is 1. The lowest BCUT2D eigenvalue weighted by atomic mass is 10.2. The molecule has 0 amide bonds. The van der Waals surface area contributed by atoms with Crippen LogP contribution in [0.25, 0.3) is 10.1 Å². The zero-order valence-electron chi connectivity index (χ0n) is 9.13. The molecule has 0 aliphatic rings. The van der Waals surface area contributed by atoms with E-state index in [2.05, 4.69) is 17.5 Å². The van der Waals surface area contributed by atoms with Crippen LogP contribution in [0.5, 0.6) is 0 Å². The van der Waals surface area contributed by atoms with Gasteiger partial charge in [0.25, 0.3) is 0 Å². The minimum Gasteiger partial charge on any atom is -0.480 e. The van der Waals surface area contributed by atoms with Crippen molar-refractivity contribution < 1.29 is 9.90 Å². The molecule has 1 aromatic heterocycles. The van der Waals surface area contributed by atoms with E-state index in [0.29, 0.717) is 5.75 Å². The van der Waals surface area contributed by atoms with Crippen LogP contribution in [-0.2, 0) is 10.5 Å². The van der Waals surface area contributed by atoms with Crippen LogP contribution in [-0.4, -0.2) is 22.9 Å². The number of aliphatic carboxylic acids is 1. The summed E-state index contributed by atoms with van der Waals surface area (Å²) in [6.45, 7) is 0. The minimum atomic E-state index is -0.937. The van der Waals surface area contributed by atoms with Gasteiger partial charge in [0.2, 0.25) is 0 Å². The molecule has 1 atom stereocenters. The molecular formula is C12H13NO2S2. The Bertz CT molecular complexity index is 524. The van der Waals surface area contributed by atoms with Crippen molar-refractivity contribution in [2.24, 2.45) is 5.73 Å². The zero-order valence-corrected chi connectivity index (χ0v) is 10.8. The van der Waals surface area contributed by atoms with Crippen molar-refractivity contribution >= 4 is 39.2 Å². The highest BCUT2D eigenvalue weighted by Gasteiger charge is 2.11. The molecule has 3 nitrogen and oxygen atoms in total. The van der Waals surface area contributed by atoms with E-state index in [1.807, 2.05) is 12.1 Å². The number of carboxylic acid groups (broad SMARTS) is 1. The lowest BCUT2D eigenvalue weighted by Crippen LogP contribution is -2.32. The van der Waals surface area contributed by atoms with Crippen LogP contribution in [0.2, 0.25) is 0 Å². The third kappa shape index (κ3) is 3.00. The second-order valence-corrected chi connectivity index (χ2v) is 5.66. The van der Waals surface area contributed by atoms with Gasteiger partial charge in [-0.3, -0.25) is 4.79 Å². The number of carboxylic acids is 1. The monoisotopic (exact) mass is 267 g/mol. The summed E-state index contributed by atoms with van der Waals surface area (Å²) >= 11 is 3.28. The Kier molecular flexibility index (Phi) is 4.04. The SMILES string of the molecule is NC(CSCc1csc2ccccc12)C(=O)O. The quantitative estimate of drug-likeness (QED) is 0.874. The summed E-state index contributed by atoms with van der Waals surface area (Å²) in [5.74, 6) is 0.317. The van der Waals surface area contributed by atoms with E-state index < -0.39 is 12.0 Å². The number of rotatable bonds is 5. The van der Waals surface area contributed by atoms with E-state index in [-0.39, 0.29) is 0 Å². The predicted octanol–water partition coefficient (Wildman–Crippen LogP) is 2.55. The molecule has 0 radical (unpaired) electrons. The van der Waals surface area contributed by atoms with Crippen LogP contribution in [0.3, 0.4) is 0 Å².